The molecule has 2 aliphatic rings. The highest BCUT2D eigenvalue weighted by atomic mass is 16.2. The van der Waals surface area contributed by atoms with Gasteiger partial charge in [-0.2, -0.15) is 0 Å². The highest BCUT2D eigenvalue weighted by molar-refractivity contribution is 5.85. The lowest BCUT2D eigenvalue weighted by Gasteiger charge is -2.31. The fraction of sp³-hybridized carbons (Fsp3) is 0.789. The third-order valence-electron chi connectivity index (χ3n) is 5.67. The molecule has 0 unspecified atom stereocenters. The van der Waals surface area contributed by atoms with Crippen molar-refractivity contribution in [2.75, 3.05) is 27.2 Å². The van der Waals surface area contributed by atoms with Crippen molar-refractivity contribution in [1.29, 1.82) is 0 Å². The molecule has 1 aliphatic carbocycles. The lowest BCUT2D eigenvalue weighted by molar-refractivity contribution is -0.138. The minimum atomic E-state index is -0.312. The van der Waals surface area contributed by atoms with Gasteiger partial charge in [-0.15, -0.1) is 10.2 Å². The van der Waals surface area contributed by atoms with Crippen LogP contribution in [0, 0.1) is 5.41 Å². The number of hydrogen-bond acceptors (Lipinski definition) is 4. The van der Waals surface area contributed by atoms with Crippen LogP contribution in [-0.2, 0) is 24.3 Å². The van der Waals surface area contributed by atoms with Gasteiger partial charge in [-0.25, -0.2) is 4.99 Å². The first kappa shape index (κ1) is 19.6. The van der Waals surface area contributed by atoms with Gasteiger partial charge in [-0.3, -0.25) is 4.79 Å². The molecule has 150 valence electrons. The van der Waals surface area contributed by atoms with Gasteiger partial charge >= 0.3 is 0 Å². The van der Waals surface area contributed by atoms with Gasteiger partial charge in [0.2, 0.25) is 5.91 Å². The van der Waals surface area contributed by atoms with Crippen LogP contribution < -0.4 is 10.6 Å². The van der Waals surface area contributed by atoms with E-state index >= 15 is 0 Å². The van der Waals surface area contributed by atoms with E-state index in [0.717, 1.165) is 62.8 Å². The van der Waals surface area contributed by atoms with Crippen LogP contribution in [0.15, 0.2) is 4.99 Å². The maximum Gasteiger partial charge on any atom is 0.230 e. The van der Waals surface area contributed by atoms with E-state index in [1.165, 1.54) is 12.8 Å². The van der Waals surface area contributed by atoms with Crippen LogP contribution in [0.2, 0.25) is 0 Å². The number of aromatic nitrogens is 3. The summed E-state index contributed by atoms with van der Waals surface area (Å²) in [4.78, 5) is 19.2. The average molecular weight is 376 g/mol. The first-order valence-electron chi connectivity index (χ1n) is 10.2. The Labute approximate surface area is 161 Å². The predicted molar refractivity (Wildman–Crippen MR) is 105 cm³/mol. The summed E-state index contributed by atoms with van der Waals surface area (Å²) in [5.41, 5.74) is -0.312. The topological polar surface area (TPSA) is 87.4 Å². The van der Waals surface area contributed by atoms with E-state index in [4.69, 9.17) is 4.99 Å². The Morgan fingerprint density at radius 3 is 2.67 bits per heavy atom. The minimum absolute atomic E-state index is 0.217. The summed E-state index contributed by atoms with van der Waals surface area (Å²) in [7, 11) is 3.69. The van der Waals surface area contributed by atoms with E-state index in [0.29, 0.717) is 13.1 Å². The van der Waals surface area contributed by atoms with Crippen LogP contribution in [0.3, 0.4) is 0 Å². The lowest BCUT2D eigenvalue weighted by Crippen LogP contribution is -2.49. The Kier molecular flexibility index (Phi) is 6.34. The zero-order chi connectivity index (χ0) is 19.3. The number of aliphatic imine (C=N–C) groups is 1. The number of hydrogen-bond donors (Lipinski definition) is 2. The molecule has 2 heterocycles. The Morgan fingerprint density at radius 2 is 1.96 bits per heavy atom. The number of nitrogens with zero attached hydrogens (tertiary/aromatic N) is 5. The second-order valence-electron chi connectivity index (χ2n) is 7.88. The molecule has 0 radical (unpaired) electrons. The van der Waals surface area contributed by atoms with Crippen molar-refractivity contribution < 1.29 is 4.79 Å². The Morgan fingerprint density at radius 1 is 1.19 bits per heavy atom. The molecule has 0 bridgehead atoms. The SMILES string of the molecule is CCNC(=NCc1nnc2n1CCCC2)NCC1(C(=O)N(C)C)CCCC1. The molecule has 8 heteroatoms. The highest BCUT2D eigenvalue weighted by Gasteiger charge is 2.42. The van der Waals surface area contributed by atoms with Crippen LogP contribution in [0.4, 0.5) is 0 Å². The molecule has 0 saturated heterocycles. The normalized spacial score (nSPS) is 18.9. The number of nitrogens with one attached hydrogen (secondary N) is 2. The smallest absolute Gasteiger partial charge is 0.230 e. The Hall–Kier alpha value is -2.12. The first-order valence-corrected chi connectivity index (χ1v) is 10.2. The highest BCUT2D eigenvalue weighted by Crippen LogP contribution is 2.38. The van der Waals surface area contributed by atoms with Gasteiger partial charge < -0.3 is 20.1 Å². The molecular weight excluding hydrogens is 342 g/mol. The van der Waals surface area contributed by atoms with Gasteiger partial charge in [0.15, 0.2) is 11.8 Å². The molecule has 0 atom stereocenters. The number of carbonyl (C=O) groups excluding carboxylic acids is 1. The summed E-state index contributed by atoms with van der Waals surface area (Å²) < 4.78 is 2.20. The molecule has 0 spiro atoms. The largest absolute Gasteiger partial charge is 0.357 e. The van der Waals surface area contributed by atoms with Crippen LogP contribution in [0.5, 0.6) is 0 Å². The van der Waals surface area contributed by atoms with E-state index in [1.807, 2.05) is 21.0 Å². The Balaban J connectivity index is 1.67. The summed E-state index contributed by atoms with van der Waals surface area (Å²) >= 11 is 0. The molecule has 1 amide bonds. The van der Waals surface area contributed by atoms with Gasteiger partial charge in [0.25, 0.3) is 0 Å². The number of amides is 1. The molecule has 8 nitrogen and oxygen atoms in total. The fourth-order valence-electron chi connectivity index (χ4n) is 4.22. The second kappa shape index (κ2) is 8.71. The molecule has 0 aromatic carbocycles. The maximum atomic E-state index is 12.7. The number of fused-ring (bicyclic) bond motifs is 1. The molecule has 27 heavy (non-hydrogen) atoms. The minimum Gasteiger partial charge on any atom is -0.357 e. The lowest BCUT2D eigenvalue weighted by atomic mass is 9.84. The monoisotopic (exact) mass is 375 g/mol. The van der Waals surface area contributed by atoms with Crippen molar-refractivity contribution in [3.05, 3.63) is 11.6 Å². The van der Waals surface area contributed by atoms with Gasteiger partial charge in [-0.05, 0) is 32.6 Å². The van der Waals surface area contributed by atoms with Gasteiger partial charge in [0.1, 0.15) is 12.4 Å². The second-order valence-corrected chi connectivity index (χ2v) is 7.88. The number of carbonyl (C=O) groups is 1. The molecule has 1 aromatic heterocycles. The summed E-state index contributed by atoms with van der Waals surface area (Å²) in [5, 5.41) is 15.3. The van der Waals surface area contributed by atoms with Crippen molar-refractivity contribution in [1.82, 2.24) is 30.3 Å². The predicted octanol–water partition coefficient (Wildman–Crippen LogP) is 1.32. The molecule has 2 N–H and O–H groups in total. The van der Waals surface area contributed by atoms with E-state index in [2.05, 4.69) is 25.4 Å². The molecule has 1 aromatic rings. The molecule has 1 aliphatic heterocycles. The van der Waals surface area contributed by atoms with Crippen LogP contribution in [0.1, 0.15) is 57.1 Å². The van der Waals surface area contributed by atoms with Crippen LogP contribution >= 0.6 is 0 Å². The molecule has 3 rings (SSSR count). The zero-order valence-corrected chi connectivity index (χ0v) is 16.9. The molecule has 1 fully saturated rings. The maximum absolute atomic E-state index is 12.7. The van der Waals surface area contributed by atoms with Crippen molar-refractivity contribution in [3.63, 3.8) is 0 Å². The van der Waals surface area contributed by atoms with Crippen molar-refractivity contribution in [2.45, 2.75) is 65.0 Å². The van der Waals surface area contributed by atoms with Crippen LogP contribution in [0.25, 0.3) is 0 Å². The van der Waals surface area contributed by atoms with Crippen molar-refractivity contribution >= 4 is 11.9 Å². The van der Waals surface area contributed by atoms with E-state index in [9.17, 15) is 4.79 Å². The zero-order valence-electron chi connectivity index (χ0n) is 16.9. The van der Waals surface area contributed by atoms with Crippen molar-refractivity contribution in [2.24, 2.45) is 10.4 Å². The number of guanidine groups is 1. The number of rotatable bonds is 6. The van der Waals surface area contributed by atoms with Crippen LogP contribution in [-0.4, -0.2) is 58.7 Å². The van der Waals surface area contributed by atoms with E-state index in [-0.39, 0.29) is 11.3 Å². The Bertz CT molecular complexity index is 674. The molecular formula is C19H33N7O. The van der Waals surface area contributed by atoms with Crippen molar-refractivity contribution in [3.8, 4) is 0 Å². The van der Waals surface area contributed by atoms with E-state index in [1.54, 1.807) is 4.90 Å². The summed E-state index contributed by atoms with van der Waals surface area (Å²) in [6.07, 6.45) is 7.47. The third kappa shape index (κ3) is 4.42. The summed E-state index contributed by atoms with van der Waals surface area (Å²) in [6.45, 7) is 4.92. The molecule has 1 saturated carbocycles. The van der Waals surface area contributed by atoms with Gasteiger partial charge in [-0.1, -0.05) is 12.8 Å². The fourth-order valence-corrected chi connectivity index (χ4v) is 4.22. The average Bonchev–Trinajstić information content (AvgIpc) is 3.31. The van der Waals surface area contributed by atoms with E-state index < -0.39 is 0 Å². The summed E-state index contributed by atoms with van der Waals surface area (Å²) in [6, 6.07) is 0. The van der Waals surface area contributed by atoms with Gasteiger partial charge in [0, 0.05) is 40.2 Å². The quantitative estimate of drug-likeness (QED) is 0.578. The standard InChI is InChI=1S/C19H33N7O/c1-4-20-18(21-13-16-24-23-15-9-5-8-12-26(15)16)22-14-19(10-6-7-11-19)17(27)25(2)3/h4-14H2,1-3H3,(H2,20,21,22). The number of aryl methyl sites for hydroxylation is 1. The summed E-state index contributed by atoms with van der Waals surface area (Å²) in [5.74, 6) is 2.95. The van der Waals surface area contributed by atoms with Gasteiger partial charge in [0.05, 0.1) is 5.41 Å². The first-order chi connectivity index (χ1) is 13.1. The third-order valence-corrected chi connectivity index (χ3v) is 5.67.